The third kappa shape index (κ3) is 2.99. The van der Waals surface area contributed by atoms with Gasteiger partial charge in [-0.25, -0.2) is 4.98 Å². The summed E-state index contributed by atoms with van der Waals surface area (Å²) in [5, 5.41) is 3.27. The lowest BCUT2D eigenvalue weighted by molar-refractivity contribution is -0.137. The van der Waals surface area contributed by atoms with E-state index in [-0.39, 0.29) is 10.9 Å². The van der Waals surface area contributed by atoms with Crippen LogP contribution in [0.3, 0.4) is 0 Å². The molecular weight excluding hydrogens is 295 g/mol. The molecule has 1 N–H and O–H groups in total. The van der Waals surface area contributed by atoms with E-state index >= 15 is 0 Å². The summed E-state index contributed by atoms with van der Waals surface area (Å²) >= 11 is 0. The first-order valence-corrected chi connectivity index (χ1v) is 7.22. The van der Waals surface area contributed by atoms with Gasteiger partial charge in [0.1, 0.15) is 0 Å². The maximum Gasteiger partial charge on any atom is 0.416 e. The average Bonchev–Trinajstić information content (AvgIpc) is 2.50. The number of nitrogens with one attached hydrogen (secondary N) is 1. The summed E-state index contributed by atoms with van der Waals surface area (Å²) in [5.74, 6) is 0.302. The highest BCUT2D eigenvalue weighted by atomic mass is 19.4. The fourth-order valence-corrected chi connectivity index (χ4v) is 2.82. The Bertz CT molecular complexity index is 733. The number of halogens is 3. The van der Waals surface area contributed by atoms with Crippen molar-refractivity contribution >= 4 is 10.9 Å². The van der Waals surface area contributed by atoms with Gasteiger partial charge in [0.05, 0.1) is 22.8 Å². The van der Waals surface area contributed by atoms with Gasteiger partial charge in [-0.3, -0.25) is 9.36 Å². The summed E-state index contributed by atoms with van der Waals surface area (Å²) in [6, 6.07) is 3.08. The Morgan fingerprint density at radius 3 is 2.86 bits per heavy atom. The predicted molar refractivity (Wildman–Crippen MR) is 76.6 cm³/mol. The van der Waals surface area contributed by atoms with Crippen LogP contribution in [0.1, 0.15) is 18.4 Å². The van der Waals surface area contributed by atoms with Crippen LogP contribution in [0.15, 0.2) is 29.3 Å². The first-order chi connectivity index (χ1) is 10.4. The molecule has 7 heteroatoms. The Hall–Kier alpha value is -1.89. The number of rotatable bonds is 2. The van der Waals surface area contributed by atoms with Gasteiger partial charge in [-0.05, 0) is 50.0 Å². The molecule has 0 aliphatic carbocycles. The van der Waals surface area contributed by atoms with Crippen molar-refractivity contribution in [2.75, 3.05) is 13.1 Å². The Kier molecular flexibility index (Phi) is 3.90. The number of piperidine rings is 1. The standard InChI is InChI=1S/C15H16F3N3O/c16-15(17,18)11-3-4-13-12(6-11)14(22)21(9-20-13)8-10-2-1-5-19-7-10/h3-4,6,9-10,19H,1-2,5,7-8H2. The molecule has 0 amide bonds. The second-order valence-corrected chi connectivity index (χ2v) is 5.64. The third-order valence-corrected chi connectivity index (χ3v) is 4.01. The van der Waals surface area contributed by atoms with Gasteiger partial charge in [-0.15, -0.1) is 0 Å². The van der Waals surface area contributed by atoms with Crippen molar-refractivity contribution in [3.63, 3.8) is 0 Å². The molecule has 0 bridgehead atoms. The van der Waals surface area contributed by atoms with Gasteiger partial charge in [0.25, 0.3) is 5.56 Å². The quantitative estimate of drug-likeness (QED) is 0.926. The third-order valence-electron chi connectivity index (χ3n) is 4.01. The number of hydrogen-bond donors (Lipinski definition) is 1. The van der Waals surface area contributed by atoms with Crippen LogP contribution in [0.4, 0.5) is 13.2 Å². The van der Waals surface area contributed by atoms with Gasteiger partial charge in [0, 0.05) is 6.54 Å². The van der Waals surface area contributed by atoms with Gasteiger partial charge in [0.15, 0.2) is 0 Å². The van der Waals surface area contributed by atoms with E-state index in [1.165, 1.54) is 17.0 Å². The average molecular weight is 311 g/mol. The van der Waals surface area contributed by atoms with E-state index in [1.807, 2.05) is 0 Å². The van der Waals surface area contributed by atoms with Crippen molar-refractivity contribution in [2.45, 2.75) is 25.6 Å². The molecule has 1 aliphatic rings. The molecule has 1 aromatic heterocycles. The predicted octanol–water partition coefficient (Wildman–Crippen LogP) is 2.41. The molecule has 1 atom stereocenters. The number of alkyl halides is 3. The monoisotopic (exact) mass is 311 g/mol. The molecule has 2 aromatic rings. The van der Waals surface area contributed by atoms with Gasteiger partial charge < -0.3 is 5.32 Å². The SMILES string of the molecule is O=c1c2cc(C(F)(F)F)ccc2ncn1CC1CCCNC1. The summed E-state index contributed by atoms with van der Waals surface area (Å²) < 4.78 is 39.8. The molecule has 1 aromatic carbocycles. The summed E-state index contributed by atoms with van der Waals surface area (Å²) in [6.45, 7) is 2.26. The van der Waals surface area contributed by atoms with Crippen molar-refractivity contribution in [3.05, 3.63) is 40.4 Å². The molecule has 22 heavy (non-hydrogen) atoms. The van der Waals surface area contributed by atoms with Crippen LogP contribution >= 0.6 is 0 Å². The minimum absolute atomic E-state index is 0.0149. The van der Waals surface area contributed by atoms with Crippen LogP contribution in [-0.4, -0.2) is 22.6 Å². The molecule has 0 spiro atoms. The Labute approximate surface area is 125 Å². The van der Waals surface area contributed by atoms with Crippen molar-refractivity contribution in [3.8, 4) is 0 Å². The highest BCUT2D eigenvalue weighted by Crippen LogP contribution is 2.30. The second-order valence-electron chi connectivity index (χ2n) is 5.64. The maximum absolute atomic E-state index is 12.8. The van der Waals surface area contributed by atoms with Gasteiger partial charge in [0.2, 0.25) is 0 Å². The number of nitrogens with zero attached hydrogens (tertiary/aromatic N) is 2. The van der Waals surface area contributed by atoms with E-state index in [4.69, 9.17) is 0 Å². The van der Waals surface area contributed by atoms with Crippen LogP contribution in [0.25, 0.3) is 10.9 Å². The highest BCUT2D eigenvalue weighted by molar-refractivity contribution is 5.78. The molecule has 1 unspecified atom stereocenters. The Morgan fingerprint density at radius 1 is 1.36 bits per heavy atom. The maximum atomic E-state index is 12.8. The molecule has 1 saturated heterocycles. The lowest BCUT2D eigenvalue weighted by atomic mass is 10.00. The Morgan fingerprint density at radius 2 is 2.18 bits per heavy atom. The van der Waals surface area contributed by atoms with E-state index in [9.17, 15) is 18.0 Å². The summed E-state index contributed by atoms with van der Waals surface area (Å²) in [7, 11) is 0. The highest BCUT2D eigenvalue weighted by Gasteiger charge is 2.30. The van der Waals surface area contributed by atoms with E-state index in [0.717, 1.165) is 38.1 Å². The van der Waals surface area contributed by atoms with Crippen LogP contribution in [-0.2, 0) is 12.7 Å². The van der Waals surface area contributed by atoms with Crippen molar-refractivity contribution in [1.82, 2.24) is 14.9 Å². The fourth-order valence-electron chi connectivity index (χ4n) is 2.82. The van der Waals surface area contributed by atoms with E-state index < -0.39 is 17.3 Å². The van der Waals surface area contributed by atoms with Gasteiger partial charge in [-0.1, -0.05) is 0 Å². The van der Waals surface area contributed by atoms with Crippen LogP contribution < -0.4 is 10.9 Å². The molecule has 1 fully saturated rings. The van der Waals surface area contributed by atoms with Crippen molar-refractivity contribution in [2.24, 2.45) is 5.92 Å². The largest absolute Gasteiger partial charge is 0.416 e. The zero-order valence-electron chi connectivity index (χ0n) is 11.9. The number of hydrogen-bond acceptors (Lipinski definition) is 3. The van der Waals surface area contributed by atoms with E-state index in [1.54, 1.807) is 0 Å². The normalized spacial score (nSPS) is 19.5. The van der Waals surface area contributed by atoms with Gasteiger partial charge in [-0.2, -0.15) is 13.2 Å². The minimum atomic E-state index is -4.46. The lowest BCUT2D eigenvalue weighted by Crippen LogP contribution is -2.34. The zero-order chi connectivity index (χ0) is 15.7. The molecule has 0 radical (unpaired) electrons. The topological polar surface area (TPSA) is 46.9 Å². The minimum Gasteiger partial charge on any atom is -0.316 e. The number of aromatic nitrogens is 2. The fraction of sp³-hybridized carbons (Fsp3) is 0.467. The smallest absolute Gasteiger partial charge is 0.316 e. The second kappa shape index (κ2) is 5.72. The first kappa shape index (κ1) is 15.0. The number of benzene rings is 1. The summed E-state index contributed by atoms with van der Waals surface area (Å²) in [6.07, 6.45) is -1.00. The van der Waals surface area contributed by atoms with Crippen LogP contribution in [0.2, 0.25) is 0 Å². The van der Waals surface area contributed by atoms with Crippen LogP contribution in [0.5, 0.6) is 0 Å². The summed E-state index contributed by atoms with van der Waals surface area (Å²) in [4.78, 5) is 16.5. The molecule has 1 aliphatic heterocycles. The zero-order valence-corrected chi connectivity index (χ0v) is 11.9. The summed E-state index contributed by atoms with van der Waals surface area (Å²) in [5.41, 5.74) is -0.950. The number of fused-ring (bicyclic) bond motifs is 1. The molecular formula is C15H16F3N3O. The van der Waals surface area contributed by atoms with E-state index in [2.05, 4.69) is 10.3 Å². The van der Waals surface area contributed by atoms with Gasteiger partial charge >= 0.3 is 6.18 Å². The lowest BCUT2D eigenvalue weighted by Gasteiger charge is -2.23. The van der Waals surface area contributed by atoms with Crippen molar-refractivity contribution < 1.29 is 13.2 Å². The Balaban J connectivity index is 1.98. The molecule has 3 rings (SSSR count). The molecule has 118 valence electrons. The molecule has 0 saturated carbocycles. The first-order valence-electron chi connectivity index (χ1n) is 7.22. The molecule has 4 nitrogen and oxygen atoms in total. The van der Waals surface area contributed by atoms with Crippen molar-refractivity contribution in [1.29, 1.82) is 0 Å². The molecule has 2 heterocycles. The van der Waals surface area contributed by atoms with Crippen LogP contribution in [0, 0.1) is 5.92 Å². The van der Waals surface area contributed by atoms with E-state index in [0.29, 0.717) is 12.5 Å².